The van der Waals surface area contributed by atoms with E-state index in [1.165, 1.54) is 24.3 Å². The van der Waals surface area contributed by atoms with Gasteiger partial charge in [0, 0.05) is 35.4 Å². The van der Waals surface area contributed by atoms with Crippen LogP contribution in [-0.2, 0) is 32.0 Å². The Kier molecular flexibility index (Phi) is 11.1. The number of thioether (sulfide) groups is 1. The number of carboxylic acids is 1. The zero-order valence-corrected chi connectivity index (χ0v) is 23.6. The fourth-order valence-electron chi connectivity index (χ4n) is 4.28. The molecule has 2 heterocycles. The molecule has 3 amide bonds. The minimum Gasteiger partial charge on any atom is -0.480 e. The van der Waals surface area contributed by atoms with Crippen LogP contribution < -0.4 is 21.7 Å². The van der Waals surface area contributed by atoms with Crippen LogP contribution in [0.15, 0.2) is 43.0 Å². The van der Waals surface area contributed by atoms with E-state index in [1.807, 2.05) is 36.7 Å². The molecule has 1 aromatic carbocycles. The third kappa shape index (κ3) is 8.33. The van der Waals surface area contributed by atoms with E-state index in [1.54, 1.807) is 13.8 Å². The van der Waals surface area contributed by atoms with Gasteiger partial charge in [-0.3, -0.25) is 14.4 Å². The quantitative estimate of drug-likeness (QED) is 0.140. The Bertz CT molecular complexity index is 1290. The van der Waals surface area contributed by atoms with Crippen LogP contribution in [0.5, 0.6) is 0 Å². The maximum atomic E-state index is 13.4. The highest BCUT2D eigenvalue weighted by atomic mass is 32.2. The summed E-state index contributed by atoms with van der Waals surface area (Å²) in [6, 6.07) is 3.57. The molecular formula is C27H37N7O5S. The predicted molar refractivity (Wildman–Crippen MR) is 154 cm³/mol. The van der Waals surface area contributed by atoms with Crippen molar-refractivity contribution in [1.82, 2.24) is 30.9 Å². The van der Waals surface area contributed by atoms with Gasteiger partial charge in [-0.2, -0.15) is 11.8 Å². The van der Waals surface area contributed by atoms with Crippen LogP contribution in [0.3, 0.4) is 0 Å². The lowest BCUT2D eigenvalue weighted by atomic mass is 10.0. The molecule has 3 rings (SSSR count). The molecule has 8 N–H and O–H groups in total. The molecule has 40 heavy (non-hydrogen) atoms. The molecule has 13 heteroatoms. The minimum absolute atomic E-state index is 0.0813. The smallest absolute Gasteiger partial charge is 0.326 e. The molecule has 0 fully saturated rings. The highest BCUT2D eigenvalue weighted by molar-refractivity contribution is 7.98. The number of benzene rings is 1. The maximum absolute atomic E-state index is 13.4. The highest BCUT2D eigenvalue weighted by Crippen LogP contribution is 2.19. The van der Waals surface area contributed by atoms with Crippen molar-refractivity contribution in [3.05, 3.63) is 54.2 Å². The normalized spacial score (nSPS) is 14.3. The summed E-state index contributed by atoms with van der Waals surface area (Å²) < 4.78 is 0. The number of aromatic nitrogens is 3. The van der Waals surface area contributed by atoms with Gasteiger partial charge < -0.3 is 36.8 Å². The second-order valence-corrected chi connectivity index (χ2v) is 10.9. The van der Waals surface area contributed by atoms with Crippen molar-refractivity contribution in [1.29, 1.82) is 0 Å². The molecule has 0 radical (unpaired) electrons. The number of nitrogens with two attached hydrogens (primary N) is 1. The predicted octanol–water partition coefficient (Wildman–Crippen LogP) is 0.952. The number of aromatic amines is 2. The molecule has 0 aliphatic heterocycles. The first-order valence-electron chi connectivity index (χ1n) is 13.0. The van der Waals surface area contributed by atoms with E-state index in [-0.39, 0.29) is 25.2 Å². The van der Waals surface area contributed by atoms with E-state index in [0.29, 0.717) is 11.4 Å². The number of carbonyl (C=O) groups is 4. The minimum atomic E-state index is -1.16. The number of hydrogen-bond donors (Lipinski definition) is 7. The summed E-state index contributed by atoms with van der Waals surface area (Å²) in [5, 5.41) is 18.4. The molecule has 0 aliphatic rings. The number of carboxylic acid groups (broad SMARTS) is 1. The van der Waals surface area contributed by atoms with Gasteiger partial charge in [0.05, 0.1) is 12.4 Å². The zero-order chi connectivity index (χ0) is 29.2. The summed E-state index contributed by atoms with van der Waals surface area (Å²) in [6.07, 6.45) is 7.27. The van der Waals surface area contributed by atoms with Crippen LogP contribution in [0.2, 0.25) is 0 Å². The molecule has 3 aromatic rings. The molecule has 0 bridgehead atoms. The Morgan fingerprint density at radius 3 is 2.35 bits per heavy atom. The molecular weight excluding hydrogens is 534 g/mol. The topological polar surface area (TPSA) is 195 Å². The van der Waals surface area contributed by atoms with Gasteiger partial charge >= 0.3 is 5.97 Å². The summed E-state index contributed by atoms with van der Waals surface area (Å²) in [7, 11) is 0. The summed E-state index contributed by atoms with van der Waals surface area (Å²) in [6.45, 7) is 3.37. The molecule has 12 nitrogen and oxygen atoms in total. The Hall–Kier alpha value is -3.84. The van der Waals surface area contributed by atoms with Gasteiger partial charge in [-0.1, -0.05) is 32.0 Å². The van der Waals surface area contributed by atoms with Gasteiger partial charge in [0.1, 0.15) is 18.1 Å². The maximum Gasteiger partial charge on any atom is 0.326 e. The molecule has 4 atom stereocenters. The van der Waals surface area contributed by atoms with Crippen LogP contribution in [0.25, 0.3) is 10.9 Å². The van der Waals surface area contributed by atoms with E-state index in [4.69, 9.17) is 5.73 Å². The van der Waals surface area contributed by atoms with Gasteiger partial charge in [0.25, 0.3) is 0 Å². The lowest BCUT2D eigenvalue weighted by Crippen LogP contribution is -2.58. The summed E-state index contributed by atoms with van der Waals surface area (Å²) in [4.78, 5) is 61.3. The molecule has 216 valence electrons. The lowest BCUT2D eigenvalue weighted by molar-refractivity contribution is -0.143. The standard InChI is InChI=1S/C27H37N7O5S/c1-15(2)23(27(38)39)34-25(36)21(8-9-40-3)32-26(37)22(11-17-13-29-14-31-17)33-24(35)19(28)10-16-12-30-20-7-5-4-6-18(16)20/h4-7,12-15,19,21-23,30H,8-11,28H2,1-3H3,(H,29,31)(H,32,37)(H,33,35)(H,34,36)(H,38,39). The number of nitrogens with zero attached hydrogens (tertiary/aromatic N) is 1. The average molecular weight is 572 g/mol. The number of imidazole rings is 1. The molecule has 0 aliphatic carbocycles. The number of aliphatic carboxylic acids is 1. The van der Waals surface area contributed by atoms with Crippen molar-refractivity contribution >= 4 is 46.4 Å². The van der Waals surface area contributed by atoms with Crippen molar-refractivity contribution in [2.45, 2.75) is 57.3 Å². The van der Waals surface area contributed by atoms with Gasteiger partial charge in [-0.25, -0.2) is 9.78 Å². The Morgan fingerprint density at radius 2 is 1.70 bits per heavy atom. The zero-order valence-electron chi connectivity index (χ0n) is 22.8. The highest BCUT2D eigenvalue weighted by Gasteiger charge is 2.31. The summed E-state index contributed by atoms with van der Waals surface area (Å²) in [5.41, 5.74) is 8.65. The van der Waals surface area contributed by atoms with E-state index >= 15 is 0 Å². The second-order valence-electron chi connectivity index (χ2n) is 9.92. The van der Waals surface area contributed by atoms with E-state index in [0.717, 1.165) is 16.5 Å². The third-order valence-electron chi connectivity index (χ3n) is 6.54. The first-order valence-corrected chi connectivity index (χ1v) is 14.4. The SMILES string of the molecule is CSCCC(NC(=O)C(Cc1cnc[nH]1)NC(=O)C(N)Cc1c[nH]c2ccccc12)C(=O)NC(C(=O)O)C(C)C. The van der Waals surface area contributed by atoms with Crippen LogP contribution in [0.4, 0.5) is 0 Å². The Morgan fingerprint density at radius 1 is 1.00 bits per heavy atom. The molecule has 2 aromatic heterocycles. The number of H-pyrrole nitrogens is 2. The molecule has 4 unspecified atom stereocenters. The van der Waals surface area contributed by atoms with Gasteiger partial charge in [0.2, 0.25) is 17.7 Å². The van der Waals surface area contributed by atoms with Crippen LogP contribution in [0.1, 0.15) is 31.5 Å². The summed E-state index contributed by atoms with van der Waals surface area (Å²) in [5.74, 6) is -2.70. The fourth-order valence-corrected chi connectivity index (χ4v) is 4.75. The third-order valence-corrected chi connectivity index (χ3v) is 7.18. The van der Waals surface area contributed by atoms with E-state index in [2.05, 4.69) is 30.9 Å². The van der Waals surface area contributed by atoms with Crippen molar-refractivity contribution in [3.8, 4) is 0 Å². The van der Waals surface area contributed by atoms with Crippen LogP contribution in [0, 0.1) is 5.92 Å². The van der Waals surface area contributed by atoms with Gasteiger partial charge in [-0.15, -0.1) is 0 Å². The van der Waals surface area contributed by atoms with E-state index in [9.17, 15) is 24.3 Å². The Balaban J connectivity index is 1.74. The van der Waals surface area contributed by atoms with E-state index < -0.39 is 47.9 Å². The molecule has 0 saturated heterocycles. The molecule has 0 spiro atoms. The number of amides is 3. The number of carbonyl (C=O) groups excluding carboxylic acids is 3. The number of fused-ring (bicyclic) bond motifs is 1. The monoisotopic (exact) mass is 571 g/mol. The van der Waals surface area contributed by atoms with Crippen LogP contribution >= 0.6 is 11.8 Å². The Labute approximate surface area is 236 Å². The number of rotatable bonds is 15. The van der Waals surface area contributed by atoms with Gasteiger partial charge in [-0.05, 0) is 42.4 Å². The van der Waals surface area contributed by atoms with Crippen LogP contribution in [-0.4, -0.2) is 79.9 Å². The summed E-state index contributed by atoms with van der Waals surface area (Å²) >= 11 is 1.49. The second kappa shape index (κ2) is 14.5. The average Bonchev–Trinajstić information content (AvgIpc) is 3.58. The number of para-hydroxylation sites is 1. The van der Waals surface area contributed by atoms with Crippen molar-refractivity contribution in [2.24, 2.45) is 11.7 Å². The van der Waals surface area contributed by atoms with Crippen molar-refractivity contribution in [2.75, 3.05) is 12.0 Å². The van der Waals surface area contributed by atoms with Gasteiger partial charge in [0.15, 0.2) is 0 Å². The molecule has 0 saturated carbocycles. The lowest BCUT2D eigenvalue weighted by Gasteiger charge is -2.26. The largest absolute Gasteiger partial charge is 0.480 e. The number of hydrogen-bond acceptors (Lipinski definition) is 7. The van der Waals surface area contributed by atoms with Crippen molar-refractivity contribution < 1.29 is 24.3 Å². The number of nitrogens with one attached hydrogen (secondary N) is 5. The first kappa shape index (κ1) is 30.7. The first-order chi connectivity index (χ1) is 19.1. The fraction of sp³-hybridized carbons (Fsp3) is 0.444. The van der Waals surface area contributed by atoms with Crippen molar-refractivity contribution in [3.63, 3.8) is 0 Å².